The maximum absolute atomic E-state index is 9.27. The first-order valence-corrected chi connectivity index (χ1v) is 9.09. The summed E-state index contributed by atoms with van der Waals surface area (Å²) in [6.07, 6.45) is 2.01. The molecule has 0 bridgehead atoms. The Bertz CT molecular complexity index is 223. The summed E-state index contributed by atoms with van der Waals surface area (Å²) in [5.74, 6) is 0. The summed E-state index contributed by atoms with van der Waals surface area (Å²) in [7, 11) is -1.74. The van der Waals surface area contributed by atoms with E-state index >= 15 is 0 Å². The molecule has 3 nitrogen and oxygen atoms in total. The van der Waals surface area contributed by atoms with E-state index in [-0.39, 0.29) is 23.9 Å². The minimum Gasteiger partial charge on any atom is -0.411 e. The molecule has 4 heteroatoms. The second kappa shape index (κ2) is 5.17. The third kappa shape index (κ3) is 3.29. The van der Waals surface area contributed by atoms with Crippen LogP contribution in [0.25, 0.3) is 0 Å². The first-order chi connectivity index (χ1) is 7.28. The first kappa shape index (κ1) is 14.2. The highest BCUT2D eigenvalue weighted by Gasteiger charge is 2.41. The molecular formula is C12H26O3Si. The smallest absolute Gasteiger partial charge is 0.192 e. The quantitative estimate of drug-likeness (QED) is 0.778. The Balaban J connectivity index is 2.64. The summed E-state index contributed by atoms with van der Waals surface area (Å²) in [4.78, 5) is 0. The molecule has 96 valence electrons. The molecular weight excluding hydrogens is 220 g/mol. The highest BCUT2D eigenvalue weighted by atomic mass is 28.4. The van der Waals surface area contributed by atoms with Gasteiger partial charge in [-0.05, 0) is 31.0 Å². The van der Waals surface area contributed by atoms with Gasteiger partial charge in [0.25, 0.3) is 0 Å². The van der Waals surface area contributed by atoms with Crippen molar-refractivity contribution in [1.82, 2.24) is 0 Å². The van der Waals surface area contributed by atoms with Gasteiger partial charge >= 0.3 is 0 Å². The number of hydrogen-bond donors (Lipinski definition) is 1. The van der Waals surface area contributed by atoms with Gasteiger partial charge < -0.3 is 14.3 Å². The Morgan fingerprint density at radius 2 is 2.00 bits per heavy atom. The van der Waals surface area contributed by atoms with E-state index in [4.69, 9.17) is 9.16 Å². The summed E-state index contributed by atoms with van der Waals surface area (Å²) in [6.45, 7) is 12.0. The maximum Gasteiger partial charge on any atom is 0.192 e. The summed E-state index contributed by atoms with van der Waals surface area (Å²) < 4.78 is 11.8. The summed E-state index contributed by atoms with van der Waals surface area (Å²) in [6, 6.07) is 0. The van der Waals surface area contributed by atoms with Gasteiger partial charge in [0.2, 0.25) is 0 Å². The lowest BCUT2D eigenvalue weighted by Gasteiger charge is -2.42. The molecule has 0 amide bonds. The number of aliphatic hydroxyl groups excluding tert-OH is 1. The van der Waals surface area contributed by atoms with Gasteiger partial charge in [-0.1, -0.05) is 20.8 Å². The molecule has 0 aromatic heterocycles. The molecule has 1 rings (SSSR count). The van der Waals surface area contributed by atoms with Crippen molar-refractivity contribution >= 4 is 8.32 Å². The van der Waals surface area contributed by atoms with Crippen molar-refractivity contribution in [1.29, 1.82) is 0 Å². The Labute approximate surface area is 100 Å². The van der Waals surface area contributed by atoms with Crippen molar-refractivity contribution in [3.05, 3.63) is 0 Å². The third-order valence-corrected chi connectivity index (χ3v) is 8.32. The molecule has 16 heavy (non-hydrogen) atoms. The predicted octanol–water partition coefficient (Wildman–Crippen LogP) is 2.55. The standard InChI is InChI=1S/C12H26O3Si/c1-12(2,3)16(4,5)15-10-7-6-8-14-11(10)9-13/h10-11,13H,6-9H2,1-5H3/t10-,11+/m1/s1. The van der Waals surface area contributed by atoms with Crippen LogP contribution >= 0.6 is 0 Å². The van der Waals surface area contributed by atoms with Crippen molar-refractivity contribution in [3.63, 3.8) is 0 Å². The molecule has 0 saturated carbocycles. The lowest BCUT2D eigenvalue weighted by molar-refractivity contribution is -0.0887. The van der Waals surface area contributed by atoms with Gasteiger partial charge in [0.1, 0.15) is 6.10 Å². The van der Waals surface area contributed by atoms with Gasteiger partial charge in [-0.15, -0.1) is 0 Å². The molecule has 0 aromatic rings. The van der Waals surface area contributed by atoms with Crippen LogP contribution in [0.1, 0.15) is 33.6 Å². The zero-order valence-electron chi connectivity index (χ0n) is 11.2. The highest BCUT2D eigenvalue weighted by molar-refractivity contribution is 6.74. The van der Waals surface area contributed by atoms with Crippen molar-refractivity contribution in [2.45, 2.75) is 64.0 Å². The minimum atomic E-state index is -1.74. The summed E-state index contributed by atoms with van der Waals surface area (Å²) >= 11 is 0. The molecule has 0 aliphatic carbocycles. The first-order valence-electron chi connectivity index (χ1n) is 6.18. The van der Waals surface area contributed by atoms with Crippen molar-refractivity contribution < 1.29 is 14.3 Å². The zero-order valence-corrected chi connectivity index (χ0v) is 12.2. The largest absolute Gasteiger partial charge is 0.411 e. The maximum atomic E-state index is 9.27. The lowest BCUT2D eigenvalue weighted by atomic mass is 10.1. The molecule has 0 unspecified atom stereocenters. The van der Waals surface area contributed by atoms with Gasteiger partial charge in [-0.3, -0.25) is 0 Å². The van der Waals surface area contributed by atoms with E-state index < -0.39 is 8.32 Å². The number of aliphatic hydroxyl groups is 1. The molecule has 0 aromatic carbocycles. The highest BCUT2D eigenvalue weighted by Crippen LogP contribution is 2.38. The Hall–Kier alpha value is 0.0969. The fourth-order valence-electron chi connectivity index (χ4n) is 1.67. The molecule has 1 heterocycles. The Morgan fingerprint density at radius 1 is 1.38 bits per heavy atom. The number of rotatable bonds is 3. The van der Waals surface area contributed by atoms with E-state index in [1.807, 2.05) is 0 Å². The average molecular weight is 246 g/mol. The Kier molecular flexibility index (Phi) is 4.57. The van der Waals surface area contributed by atoms with Gasteiger partial charge in [0.15, 0.2) is 8.32 Å². The van der Waals surface area contributed by atoms with Crippen LogP contribution in [-0.4, -0.2) is 38.8 Å². The summed E-state index contributed by atoms with van der Waals surface area (Å²) in [5.41, 5.74) is 0. The molecule has 0 spiro atoms. The topological polar surface area (TPSA) is 38.7 Å². The molecule has 1 N–H and O–H groups in total. The Morgan fingerprint density at radius 3 is 2.50 bits per heavy atom. The van der Waals surface area contributed by atoms with Crippen LogP contribution in [0.2, 0.25) is 18.1 Å². The molecule has 1 aliphatic heterocycles. The molecule has 1 fully saturated rings. The monoisotopic (exact) mass is 246 g/mol. The van der Waals surface area contributed by atoms with Gasteiger partial charge in [-0.25, -0.2) is 0 Å². The van der Waals surface area contributed by atoms with E-state index in [1.165, 1.54) is 0 Å². The van der Waals surface area contributed by atoms with Crippen LogP contribution in [0.4, 0.5) is 0 Å². The van der Waals surface area contributed by atoms with E-state index in [0.29, 0.717) is 0 Å². The van der Waals surface area contributed by atoms with E-state index in [9.17, 15) is 5.11 Å². The molecule has 2 atom stereocenters. The average Bonchev–Trinajstić information content (AvgIpc) is 2.16. The fraction of sp³-hybridized carbons (Fsp3) is 1.00. The molecule has 0 radical (unpaired) electrons. The fourth-order valence-corrected chi connectivity index (χ4v) is 3.05. The predicted molar refractivity (Wildman–Crippen MR) is 68.1 cm³/mol. The van der Waals surface area contributed by atoms with Crippen molar-refractivity contribution in [2.75, 3.05) is 13.2 Å². The van der Waals surface area contributed by atoms with Crippen LogP contribution in [-0.2, 0) is 9.16 Å². The van der Waals surface area contributed by atoms with Crippen LogP contribution in [0.3, 0.4) is 0 Å². The van der Waals surface area contributed by atoms with Crippen LogP contribution in [0, 0.1) is 0 Å². The van der Waals surface area contributed by atoms with Crippen LogP contribution in [0.5, 0.6) is 0 Å². The van der Waals surface area contributed by atoms with Crippen molar-refractivity contribution in [3.8, 4) is 0 Å². The zero-order chi connectivity index (χ0) is 12.4. The second-order valence-electron chi connectivity index (χ2n) is 6.15. The second-order valence-corrected chi connectivity index (χ2v) is 10.9. The number of hydrogen-bond acceptors (Lipinski definition) is 3. The number of ether oxygens (including phenoxy) is 1. The molecule has 1 aliphatic rings. The van der Waals surface area contributed by atoms with E-state index in [1.54, 1.807) is 0 Å². The minimum absolute atomic E-state index is 0.0687. The lowest BCUT2D eigenvalue weighted by Crippen LogP contribution is -2.49. The van der Waals surface area contributed by atoms with Gasteiger partial charge in [0.05, 0.1) is 12.7 Å². The van der Waals surface area contributed by atoms with Crippen LogP contribution in [0.15, 0.2) is 0 Å². The SMILES string of the molecule is CC(C)(C)[Si](C)(C)O[C@@H]1CCCO[C@H]1CO. The van der Waals surface area contributed by atoms with E-state index in [0.717, 1.165) is 19.4 Å². The van der Waals surface area contributed by atoms with Gasteiger partial charge in [-0.2, -0.15) is 0 Å². The van der Waals surface area contributed by atoms with Crippen LogP contribution < -0.4 is 0 Å². The van der Waals surface area contributed by atoms with E-state index in [2.05, 4.69) is 33.9 Å². The third-order valence-electron chi connectivity index (χ3n) is 3.81. The van der Waals surface area contributed by atoms with Gasteiger partial charge in [0, 0.05) is 6.61 Å². The normalized spacial score (nSPS) is 28.1. The van der Waals surface area contributed by atoms with Crippen molar-refractivity contribution in [2.24, 2.45) is 0 Å². The summed E-state index contributed by atoms with van der Waals surface area (Å²) in [5, 5.41) is 9.48. The molecule has 1 saturated heterocycles.